The molecule has 0 bridgehead atoms. The summed E-state index contributed by atoms with van der Waals surface area (Å²) in [6.45, 7) is 3.16. The van der Waals surface area contributed by atoms with Gasteiger partial charge in [-0.05, 0) is 50.5 Å². The lowest BCUT2D eigenvalue weighted by Crippen LogP contribution is -2.27. The van der Waals surface area contributed by atoms with Gasteiger partial charge in [-0.3, -0.25) is 4.68 Å². The maximum Gasteiger partial charge on any atom is 0.161 e. The summed E-state index contributed by atoms with van der Waals surface area (Å²) in [5, 5.41) is 8.02. The Balaban J connectivity index is 1.86. The van der Waals surface area contributed by atoms with Crippen molar-refractivity contribution in [3.63, 3.8) is 0 Å². The Morgan fingerprint density at radius 3 is 2.74 bits per heavy atom. The van der Waals surface area contributed by atoms with Crippen LogP contribution in [0.5, 0.6) is 5.75 Å². The van der Waals surface area contributed by atoms with Crippen LogP contribution < -0.4 is 10.1 Å². The molecular weight excluding hydrogens is 238 g/mol. The van der Waals surface area contributed by atoms with Gasteiger partial charge in [-0.1, -0.05) is 6.92 Å². The number of ether oxygens (including phenoxy) is 1. The number of aromatic nitrogens is 2. The van der Waals surface area contributed by atoms with Crippen LogP contribution >= 0.6 is 0 Å². The molecule has 0 radical (unpaired) electrons. The summed E-state index contributed by atoms with van der Waals surface area (Å²) < 4.78 is 7.66. The van der Waals surface area contributed by atoms with Gasteiger partial charge in [0.1, 0.15) is 0 Å². The lowest BCUT2D eigenvalue weighted by Gasteiger charge is -2.26. The number of nitrogens with zero attached hydrogens (tertiary/aromatic N) is 2. The largest absolute Gasteiger partial charge is 0.493 e. The monoisotopic (exact) mass is 263 g/mol. The zero-order valence-corrected chi connectivity index (χ0v) is 12.2. The number of rotatable bonds is 6. The Kier molecular flexibility index (Phi) is 3.52. The molecule has 1 N–H and O–H groups in total. The normalized spacial score (nSPS) is 30.2. The Morgan fingerprint density at radius 1 is 1.42 bits per heavy atom. The van der Waals surface area contributed by atoms with Crippen molar-refractivity contribution >= 4 is 0 Å². The van der Waals surface area contributed by atoms with Crippen LogP contribution in [0.4, 0.5) is 0 Å². The van der Waals surface area contributed by atoms with Gasteiger partial charge in [0.2, 0.25) is 0 Å². The quantitative estimate of drug-likeness (QED) is 0.857. The SMILES string of the molecule is CCCn1ncc(OC)c1C(NC)C1CC2CC2C1. The van der Waals surface area contributed by atoms with Crippen LogP contribution in [0, 0.1) is 17.8 Å². The summed E-state index contributed by atoms with van der Waals surface area (Å²) >= 11 is 0. The molecule has 0 aromatic carbocycles. The number of methoxy groups -OCH3 is 1. The molecule has 1 aromatic rings. The maximum absolute atomic E-state index is 5.53. The predicted molar refractivity (Wildman–Crippen MR) is 75.2 cm³/mol. The highest BCUT2D eigenvalue weighted by Crippen LogP contribution is 2.57. The molecule has 106 valence electrons. The van der Waals surface area contributed by atoms with Crippen LogP contribution in [-0.2, 0) is 6.54 Å². The molecule has 2 aliphatic rings. The number of hydrogen-bond acceptors (Lipinski definition) is 3. The fourth-order valence-electron chi connectivity index (χ4n) is 3.87. The van der Waals surface area contributed by atoms with E-state index < -0.39 is 0 Å². The molecule has 0 aliphatic heterocycles. The molecule has 2 aliphatic carbocycles. The second-order valence-corrected chi connectivity index (χ2v) is 6.08. The van der Waals surface area contributed by atoms with Crippen molar-refractivity contribution in [3.8, 4) is 5.75 Å². The Bertz CT molecular complexity index is 433. The van der Waals surface area contributed by atoms with Crippen LogP contribution in [0.2, 0.25) is 0 Å². The summed E-state index contributed by atoms with van der Waals surface area (Å²) in [6.07, 6.45) is 7.18. The van der Waals surface area contributed by atoms with Crippen molar-refractivity contribution in [3.05, 3.63) is 11.9 Å². The average molecular weight is 263 g/mol. The highest BCUT2D eigenvalue weighted by molar-refractivity contribution is 5.29. The van der Waals surface area contributed by atoms with E-state index in [2.05, 4.69) is 29.1 Å². The minimum Gasteiger partial charge on any atom is -0.493 e. The number of nitrogens with one attached hydrogen (secondary N) is 1. The van der Waals surface area contributed by atoms with E-state index in [-0.39, 0.29) is 0 Å². The van der Waals surface area contributed by atoms with E-state index in [9.17, 15) is 0 Å². The average Bonchev–Trinajstić information content (AvgIpc) is 2.86. The second kappa shape index (κ2) is 5.16. The minimum absolute atomic E-state index is 0.386. The molecule has 3 atom stereocenters. The van der Waals surface area contributed by atoms with E-state index in [1.165, 1.54) is 25.0 Å². The zero-order valence-electron chi connectivity index (χ0n) is 12.2. The van der Waals surface area contributed by atoms with E-state index in [1.807, 2.05) is 6.20 Å². The molecule has 0 saturated heterocycles. The first-order valence-electron chi connectivity index (χ1n) is 7.55. The molecule has 0 amide bonds. The third kappa shape index (κ3) is 2.27. The van der Waals surface area contributed by atoms with Gasteiger partial charge in [-0.15, -0.1) is 0 Å². The molecule has 0 spiro atoms. The van der Waals surface area contributed by atoms with E-state index in [0.717, 1.165) is 36.5 Å². The molecule has 4 nitrogen and oxygen atoms in total. The predicted octanol–water partition coefficient (Wildman–Crippen LogP) is 2.61. The van der Waals surface area contributed by atoms with Crippen molar-refractivity contribution in [2.24, 2.45) is 17.8 Å². The van der Waals surface area contributed by atoms with Gasteiger partial charge in [-0.25, -0.2) is 0 Å². The second-order valence-electron chi connectivity index (χ2n) is 6.08. The number of fused-ring (bicyclic) bond motifs is 1. The Hall–Kier alpha value is -1.03. The molecule has 1 aromatic heterocycles. The first-order valence-corrected chi connectivity index (χ1v) is 7.55. The molecule has 4 heteroatoms. The van der Waals surface area contributed by atoms with Crippen LogP contribution in [0.3, 0.4) is 0 Å². The summed E-state index contributed by atoms with van der Waals surface area (Å²) in [6, 6.07) is 0.386. The molecular formula is C15H25N3O. The first kappa shape index (κ1) is 13.0. The van der Waals surface area contributed by atoms with Gasteiger partial charge >= 0.3 is 0 Å². The highest BCUT2D eigenvalue weighted by atomic mass is 16.5. The smallest absolute Gasteiger partial charge is 0.161 e. The topological polar surface area (TPSA) is 39.1 Å². The minimum atomic E-state index is 0.386. The van der Waals surface area contributed by atoms with E-state index in [0.29, 0.717) is 6.04 Å². The van der Waals surface area contributed by atoms with Crippen molar-refractivity contribution < 1.29 is 4.74 Å². The van der Waals surface area contributed by atoms with Gasteiger partial charge < -0.3 is 10.1 Å². The molecule has 3 unspecified atom stereocenters. The maximum atomic E-state index is 5.53. The third-order valence-corrected chi connectivity index (χ3v) is 4.86. The van der Waals surface area contributed by atoms with E-state index in [1.54, 1.807) is 7.11 Å². The molecule has 2 fully saturated rings. The van der Waals surface area contributed by atoms with Gasteiger partial charge in [0.25, 0.3) is 0 Å². The lowest BCUT2D eigenvalue weighted by molar-refractivity contribution is 0.321. The van der Waals surface area contributed by atoms with Gasteiger partial charge in [-0.2, -0.15) is 5.10 Å². The number of aryl methyl sites for hydroxylation is 1. The van der Waals surface area contributed by atoms with E-state index in [4.69, 9.17) is 4.74 Å². The van der Waals surface area contributed by atoms with Crippen molar-refractivity contribution in [1.29, 1.82) is 0 Å². The van der Waals surface area contributed by atoms with Crippen LogP contribution in [0.1, 0.15) is 44.3 Å². The summed E-state index contributed by atoms with van der Waals surface area (Å²) in [4.78, 5) is 0. The van der Waals surface area contributed by atoms with Crippen molar-refractivity contribution in [2.45, 2.75) is 45.2 Å². The zero-order chi connectivity index (χ0) is 13.4. The number of hydrogen-bond donors (Lipinski definition) is 1. The van der Waals surface area contributed by atoms with Crippen molar-refractivity contribution in [2.75, 3.05) is 14.2 Å². The van der Waals surface area contributed by atoms with Crippen LogP contribution in [0.15, 0.2) is 6.20 Å². The summed E-state index contributed by atoms with van der Waals surface area (Å²) in [7, 11) is 3.81. The highest BCUT2D eigenvalue weighted by Gasteiger charge is 2.48. The first-order chi connectivity index (χ1) is 9.28. The Morgan fingerprint density at radius 2 is 2.16 bits per heavy atom. The van der Waals surface area contributed by atoms with E-state index >= 15 is 0 Å². The third-order valence-electron chi connectivity index (χ3n) is 4.86. The molecule has 19 heavy (non-hydrogen) atoms. The van der Waals surface area contributed by atoms with Crippen molar-refractivity contribution in [1.82, 2.24) is 15.1 Å². The molecule has 2 saturated carbocycles. The fraction of sp³-hybridized carbons (Fsp3) is 0.800. The summed E-state index contributed by atoms with van der Waals surface area (Å²) in [5.74, 6) is 3.70. The lowest BCUT2D eigenvalue weighted by atomic mass is 9.91. The van der Waals surface area contributed by atoms with Crippen LogP contribution in [0.25, 0.3) is 0 Å². The van der Waals surface area contributed by atoms with Gasteiger partial charge in [0.05, 0.1) is 25.0 Å². The standard InChI is InChI=1S/C15H25N3O/c1-4-5-18-15(13(19-3)9-17-18)14(16-2)12-7-10-6-11(10)8-12/h9-12,14,16H,4-8H2,1-3H3. The fourth-order valence-corrected chi connectivity index (χ4v) is 3.87. The van der Waals surface area contributed by atoms with Crippen LogP contribution in [-0.4, -0.2) is 23.9 Å². The molecule has 1 heterocycles. The molecule has 3 rings (SSSR count). The summed E-state index contributed by atoms with van der Waals surface area (Å²) in [5.41, 5.74) is 1.25. The Labute approximate surface area is 115 Å². The van der Waals surface area contributed by atoms with Gasteiger partial charge in [0.15, 0.2) is 5.75 Å². The van der Waals surface area contributed by atoms with Gasteiger partial charge in [0, 0.05) is 6.54 Å².